The summed E-state index contributed by atoms with van der Waals surface area (Å²) in [4.78, 5) is 23.5. The van der Waals surface area contributed by atoms with Crippen LogP contribution in [-0.4, -0.2) is 22.9 Å². The molecule has 0 unspecified atom stereocenters. The van der Waals surface area contributed by atoms with Crippen LogP contribution in [0.3, 0.4) is 0 Å². The Morgan fingerprint density at radius 2 is 1.96 bits per heavy atom. The molecule has 0 N–H and O–H groups in total. The van der Waals surface area contributed by atoms with Gasteiger partial charge in [0.25, 0.3) is 5.56 Å². The van der Waals surface area contributed by atoms with Crippen molar-refractivity contribution in [3.8, 4) is 23.4 Å². The number of aryl methyl sites for hydroxylation is 1. The molecular formula is C18H14N4O3. The van der Waals surface area contributed by atoms with Gasteiger partial charge in [-0.1, -0.05) is 30.3 Å². The summed E-state index contributed by atoms with van der Waals surface area (Å²) < 4.78 is 5.73. The Balaban J connectivity index is 2.57. The number of methoxy groups -OCH3 is 1. The largest absolute Gasteiger partial charge is 0.469 e. The fourth-order valence-corrected chi connectivity index (χ4v) is 2.14. The lowest BCUT2D eigenvalue weighted by molar-refractivity contribution is -0.140. The van der Waals surface area contributed by atoms with E-state index in [1.54, 1.807) is 24.3 Å². The number of ether oxygens (including phenoxy) is 1. The van der Waals surface area contributed by atoms with Gasteiger partial charge in [-0.3, -0.25) is 9.59 Å². The van der Waals surface area contributed by atoms with E-state index in [0.717, 1.165) is 10.2 Å². The smallest absolute Gasteiger partial charge is 0.307 e. The first-order valence-electron chi connectivity index (χ1n) is 7.35. The molecule has 1 aromatic carbocycles. The maximum atomic E-state index is 12.2. The van der Waals surface area contributed by atoms with Crippen molar-refractivity contribution in [1.82, 2.24) is 9.78 Å². The molecule has 0 bridgehead atoms. The molecule has 0 atom stereocenters. The average Bonchev–Trinajstić information content (AvgIpc) is 2.65. The lowest BCUT2D eigenvalue weighted by Crippen LogP contribution is -2.25. The van der Waals surface area contributed by atoms with Crippen LogP contribution >= 0.6 is 0 Å². The van der Waals surface area contributed by atoms with Crippen LogP contribution in [0.2, 0.25) is 0 Å². The third-order valence-electron chi connectivity index (χ3n) is 3.37. The minimum absolute atomic E-state index is 0.00840. The van der Waals surface area contributed by atoms with E-state index in [1.165, 1.54) is 19.3 Å². The number of benzene rings is 1. The number of aromatic nitrogens is 2. The predicted molar refractivity (Wildman–Crippen MR) is 89.8 cm³/mol. The highest BCUT2D eigenvalue weighted by Gasteiger charge is 2.12. The molecule has 1 aromatic heterocycles. The molecule has 124 valence electrons. The first-order chi connectivity index (χ1) is 12.1. The second kappa shape index (κ2) is 8.23. The molecule has 0 fully saturated rings. The molecule has 0 spiro atoms. The molecule has 0 aliphatic rings. The number of hydrogen-bond donors (Lipinski definition) is 0. The van der Waals surface area contributed by atoms with E-state index in [-0.39, 0.29) is 18.5 Å². The molecule has 1 heterocycles. The molecule has 0 saturated heterocycles. The van der Waals surface area contributed by atoms with Crippen LogP contribution in [-0.2, 0) is 16.1 Å². The zero-order valence-electron chi connectivity index (χ0n) is 13.5. The first kappa shape index (κ1) is 17.6. The molecule has 0 aliphatic carbocycles. The van der Waals surface area contributed by atoms with Crippen LogP contribution in [0.25, 0.3) is 17.3 Å². The Hall–Kier alpha value is -3.71. The molecule has 25 heavy (non-hydrogen) atoms. The van der Waals surface area contributed by atoms with Gasteiger partial charge in [0.2, 0.25) is 0 Å². The number of carbonyl (C=O) groups excluding carboxylic acids is 1. The molecule has 2 rings (SSSR count). The molecule has 7 heteroatoms. The number of hydrogen-bond acceptors (Lipinski definition) is 6. The van der Waals surface area contributed by atoms with Crippen molar-refractivity contribution < 1.29 is 9.53 Å². The molecule has 7 nitrogen and oxygen atoms in total. The van der Waals surface area contributed by atoms with Crippen LogP contribution in [0.4, 0.5) is 0 Å². The van der Waals surface area contributed by atoms with Gasteiger partial charge in [0.05, 0.1) is 25.8 Å². The van der Waals surface area contributed by atoms with Crippen molar-refractivity contribution in [2.24, 2.45) is 0 Å². The van der Waals surface area contributed by atoms with Crippen LogP contribution < -0.4 is 5.56 Å². The van der Waals surface area contributed by atoms with Gasteiger partial charge >= 0.3 is 5.97 Å². The zero-order chi connectivity index (χ0) is 18.2. The standard InChI is InChI=1S/C18H14N4O3/c1-25-17(24)7-8-22-16(23)10-15(9-13(11-19)12-20)18(21-22)14-5-3-2-4-6-14/h2-6,9-10H,7-8H2,1H3. The van der Waals surface area contributed by atoms with Crippen LogP contribution in [0.5, 0.6) is 0 Å². The van der Waals surface area contributed by atoms with Gasteiger partial charge in [-0.2, -0.15) is 15.6 Å². The van der Waals surface area contributed by atoms with E-state index in [9.17, 15) is 9.59 Å². The van der Waals surface area contributed by atoms with Crippen molar-refractivity contribution in [2.75, 3.05) is 7.11 Å². The number of nitriles is 2. The van der Waals surface area contributed by atoms with Gasteiger partial charge in [-0.25, -0.2) is 4.68 Å². The summed E-state index contributed by atoms with van der Waals surface area (Å²) in [5.74, 6) is -0.449. The average molecular weight is 334 g/mol. The van der Waals surface area contributed by atoms with Crippen molar-refractivity contribution in [3.05, 3.63) is 57.9 Å². The third-order valence-corrected chi connectivity index (χ3v) is 3.37. The van der Waals surface area contributed by atoms with E-state index in [2.05, 4.69) is 9.84 Å². The van der Waals surface area contributed by atoms with Crippen LogP contribution in [0.15, 0.2) is 46.8 Å². The van der Waals surface area contributed by atoms with Gasteiger partial charge in [-0.15, -0.1) is 0 Å². The Morgan fingerprint density at radius 3 is 2.56 bits per heavy atom. The summed E-state index contributed by atoms with van der Waals surface area (Å²) in [6, 6.07) is 13.9. The summed E-state index contributed by atoms with van der Waals surface area (Å²) in [5.41, 5.74) is 0.947. The van der Waals surface area contributed by atoms with Crippen LogP contribution in [0, 0.1) is 22.7 Å². The molecule has 0 radical (unpaired) electrons. The zero-order valence-corrected chi connectivity index (χ0v) is 13.5. The van der Waals surface area contributed by atoms with Gasteiger partial charge in [0.15, 0.2) is 0 Å². The summed E-state index contributed by atoms with van der Waals surface area (Å²) >= 11 is 0. The van der Waals surface area contributed by atoms with Gasteiger partial charge in [0.1, 0.15) is 17.7 Å². The molecule has 0 amide bonds. The normalized spacial score (nSPS) is 9.56. The van der Waals surface area contributed by atoms with Crippen LogP contribution in [0.1, 0.15) is 12.0 Å². The quantitative estimate of drug-likeness (QED) is 0.610. The van der Waals surface area contributed by atoms with Gasteiger partial charge in [0, 0.05) is 17.2 Å². The molecule has 0 aliphatic heterocycles. The highest BCUT2D eigenvalue weighted by Crippen LogP contribution is 2.21. The fraction of sp³-hybridized carbons (Fsp3) is 0.167. The number of nitrogens with zero attached hydrogens (tertiary/aromatic N) is 4. The monoisotopic (exact) mass is 334 g/mol. The van der Waals surface area contributed by atoms with Crippen molar-refractivity contribution in [1.29, 1.82) is 10.5 Å². The Kier molecular flexibility index (Phi) is 5.81. The number of allylic oxidation sites excluding steroid dienone is 1. The van der Waals surface area contributed by atoms with Gasteiger partial charge in [-0.05, 0) is 6.08 Å². The highest BCUT2D eigenvalue weighted by atomic mass is 16.5. The maximum absolute atomic E-state index is 12.2. The maximum Gasteiger partial charge on any atom is 0.307 e. The third kappa shape index (κ3) is 4.40. The fourth-order valence-electron chi connectivity index (χ4n) is 2.14. The van der Waals surface area contributed by atoms with E-state index < -0.39 is 11.5 Å². The van der Waals surface area contributed by atoms with E-state index >= 15 is 0 Å². The summed E-state index contributed by atoms with van der Waals surface area (Å²) in [5, 5.41) is 22.2. The summed E-state index contributed by atoms with van der Waals surface area (Å²) in [6.45, 7) is 0.0681. The minimum atomic E-state index is -0.449. The SMILES string of the molecule is COC(=O)CCn1nc(-c2ccccc2)c(C=C(C#N)C#N)cc1=O. The van der Waals surface area contributed by atoms with E-state index in [0.29, 0.717) is 11.3 Å². The molecule has 2 aromatic rings. The minimum Gasteiger partial charge on any atom is -0.469 e. The lowest BCUT2D eigenvalue weighted by atomic mass is 10.0. The lowest BCUT2D eigenvalue weighted by Gasteiger charge is -2.10. The van der Waals surface area contributed by atoms with Gasteiger partial charge < -0.3 is 4.74 Å². The highest BCUT2D eigenvalue weighted by molar-refractivity contribution is 5.75. The van der Waals surface area contributed by atoms with E-state index in [4.69, 9.17) is 10.5 Å². The second-order valence-electron chi connectivity index (χ2n) is 4.98. The van der Waals surface area contributed by atoms with E-state index in [1.807, 2.05) is 18.2 Å². The second-order valence-corrected chi connectivity index (χ2v) is 4.98. The summed E-state index contributed by atoms with van der Waals surface area (Å²) in [7, 11) is 1.27. The van der Waals surface area contributed by atoms with Crippen molar-refractivity contribution >= 4 is 12.0 Å². The predicted octanol–water partition coefficient (Wildman–Crippen LogP) is 1.90. The number of esters is 1. The number of rotatable bonds is 5. The first-order valence-corrected chi connectivity index (χ1v) is 7.35. The molecular weight excluding hydrogens is 320 g/mol. The summed E-state index contributed by atoms with van der Waals surface area (Å²) in [6.07, 6.45) is 1.33. The topological polar surface area (TPSA) is 109 Å². The Labute approximate surface area is 144 Å². The molecule has 0 saturated carbocycles. The van der Waals surface area contributed by atoms with Crippen molar-refractivity contribution in [2.45, 2.75) is 13.0 Å². The van der Waals surface area contributed by atoms with Crippen molar-refractivity contribution in [3.63, 3.8) is 0 Å². The Morgan fingerprint density at radius 1 is 1.28 bits per heavy atom. The Bertz CT molecular complexity index is 931. The number of carbonyl (C=O) groups is 1.